The molecule has 1 heteroatoms. The van der Waals surface area contributed by atoms with Gasteiger partial charge in [-0.3, -0.25) is 0 Å². The lowest BCUT2D eigenvalue weighted by Crippen LogP contribution is -2.30. The van der Waals surface area contributed by atoms with E-state index in [1.165, 1.54) is 30.4 Å². The molecule has 0 amide bonds. The van der Waals surface area contributed by atoms with Crippen molar-refractivity contribution in [1.29, 1.82) is 0 Å². The summed E-state index contributed by atoms with van der Waals surface area (Å²) in [6.07, 6.45) is 4.88. The summed E-state index contributed by atoms with van der Waals surface area (Å²) in [5.41, 5.74) is 2.91. The molecule has 0 aliphatic heterocycles. The minimum atomic E-state index is 0.657. The highest BCUT2D eigenvalue weighted by atomic mass is 14.9. The molecule has 96 valence electrons. The van der Waals surface area contributed by atoms with Crippen molar-refractivity contribution < 1.29 is 0 Å². The summed E-state index contributed by atoms with van der Waals surface area (Å²) >= 11 is 0. The van der Waals surface area contributed by atoms with E-state index in [1.54, 1.807) is 0 Å². The lowest BCUT2D eigenvalue weighted by Gasteiger charge is -2.19. The highest BCUT2D eigenvalue weighted by Gasteiger charge is 2.09. The molecular formula is C16H27N. The van der Waals surface area contributed by atoms with Crippen molar-refractivity contribution in [2.75, 3.05) is 7.05 Å². The fourth-order valence-corrected chi connectivity index (χ4v) is 2.28. The molecule has 1 atom stereocenters. The van der Waals surface area contributed by atoms with Gasteiger partial charge >= 0.3 is 0 Å². The molecule has 1 aromatic rings. The summed E-state index contributed by atoms with van der Waals surface area (Å²) in [6.45, 7) is 6.78. The van der Waals surface area contributed by atoms with Crippen molar-refractivity contribution in [2.24, 2.45) is 5.92 Å². The predicted octanol–water partition coefficient (Wildman–Crippen LogP) is 3.82. The third-order valence-corrected chi connectivity index (χ3v) is 3.59. The van der Waals surface area contributed by atoms with E-state index < -0.39 is 0 Å². The first-order valence-electron chi connectivity index (χ1n) is 6.92. The lowest BCUT2D eigenvalue weighted by atomic mass is 9.96. The molecule has 1 nitrogen and oxygen atoms in total. The molecule has 0 aliphatic rings. The summed E-state index contributed by atoms with van der Waals surface area (Å²) in [6, 6.07) is 9.73. The lowest BCUT2D eigenvalue weighted by molar-refractivity contribution is 0.393. The average molecular weight is 233 g/mol. The van der Waals surface area contributed by atoms with E-state index in [0.717, 1.165) is 12.3 Å². The fourth-order valence-electron chi connectivity index (χ4n) is 2.28. The Morgan fingerprint density at radius 2 is 1.65 bits per heavy atom. The third kappa shape index (κ3) is 4.91. The smallest absolute Gasteiger partial charge is 0.00871 e. The van der Waals surface area contributed by atoms with Crippen molar-refractivity contribution in [3.8, 4) is 0 Å². The van der Waals surface area contributed by atoms with Crippen LogP contribution in [0.5, 0.6) is 0 Å². The number of aryl methyl sites for hydroxylation is 2. The summed E-state index contributed by atoms with van der Waals surface area (Å²) in [4.78, 5) is 0. The molecule has 0 aromatic heterocycles. The van der Waals surface area contributed by atoms with Crippen LogP contribution in [-0.4, -0.2) is 13.1 Å². The second-order valence-corrected chi connectivity index (χ2v) is 5.20. The molecule has 1 aromatic carbocycles. The largest absolute Gasteiger partial charge is 0.317 e. The van der Waals surface area contributed by atoms with Crippen LogP contribution in [0.1, 0.15) is 44.7 Å². The Kier molecular flexibility index (Phi) is 6.28. The van der Waals surface area contributed by atoms with Gasteiger partial charge in [-0.2, -0.15) is 0 Å². The van der Waals surface area contributed by atoms with Gasteiger partial charge in [0.25, 0.3) is 0 Å². The number of benzene rings is 1. The summed E-state index contributed by atoms with van der Waals surface area (Å²) < 4.78 is 0. The van der Waals surface area contributed by atoms with Gasteiger partial charge in [-0.1, -0.05) is 45.0 Å². The molecule has 0 radical (unpaired) electrons. The Morgan fingerprint density at radius 1 is 1.06 bits per heavy atom. The van der Waals surface area contributed by atoms with E-state index in [2.05, 4.69) is 57.4 Å². The number of nitrogens with one attached hydrogen (secondary N) is 1. The molecule has 1 unspecified atom stereocenters. The topological polar surface area (TPSA) is 12.0 Å². The minimum Gasteiger partial charge on any atom is -0.317 e. The first kappa shape index (κ1) is 14.2. The van der Waals surface area contributed by atoms with Gasteiger partial charge in [0.2, 0.25) is 0 Å². The van der Waals surface area contributed by atoms with E-state index in [4.69, 9.17) is 0 Å². The van der Waals surface area contributed by atoms with Gasteiger partial charge in [-0.05, 0) is 49.8 Å². The second-order valence-electron chi connectivity index (χ2n) is 5.20. The number of hydrogen-bond donors (Lipinski definition) is 1. The van der Waals surface area contributed by atoms with Crippen LogP contribution in [-0.2, 0) is 12.8 Å². The van der Waals surface area contributed by atoms with Crippen LogP contribution in [0.4, 0.5) is 0 Å². The Labute approximate surface area is 107 Å². The summed E-state index contributed by atoms with van der Waals surface area (Å²) in [5.74, 6) is 0.725. The predicted molar refractivity (Wildman–Crippen MR) is 76.4 cm³/mol. The molecule has 0 aliphatic carbocycles. The van der Waals surface area contributed by atoms with Crippen molar-refractivity contribution >= 4 is 0 Å². The maximum Gasteiger partial charge on any atom is 0.00871 e. The molecule has 1 N–H and O–H groups in total. The van der Waals surface area contributed by atoms with Gasteiger partial charge in [0.1, 0.15) is 0 Å². The maximum absolute atomic E-state index is 3.41. The van der Waals surface area contributed by atoms with Crippen LogP contribution in [0.2, 0.25) is 0 Å². The second kappa shape index (κ2) is 7.50. The Bertz CT molecular complexity index is 300. The molecule has 0 bridgehead atoms. The van der Waals surface area contributed by atoms with Gasteiger partial charge < -0.3 is 5.32 Å². The van der Waals surface area contributed by atoms with Crippen LogP contribution in [0.15, 0.2) is 24.3 Å². The van der Waals surface area contributed by atoms with Crippen LogP contribution < -0.4 is 5.32 Å². The Morgan fingerprint density at radius 3 is 2.12 bits per heavy atom. The first-order chi connectivity index (χ1) is 8.17. The monoisotopic (exact) mass is 233 g/mol. The molecule has 17 heavy (non-hydrogen) atoms. The summed E-state index contributed by atoms with van der Waals surface area (Å²) in [7, 11) is 2.07. The summed E-state index contributed by atoms with van der Waals surface area (Å²) in [5, 5.41) is 3.41. The van der Waals surface area contributed by atoms with Crippen LogP contribution in [0, 0.1) is 5.92 Å². The first-order valence-corrected chi connectivity index (χ1v) is 6.92. The van der Waals surface area contributed by atoms with E-state index in [9.17, 15) is 0 Å². The molecule has 0 heterocycles. The molecule has 1 rings (SSSR count). The quantitative estimate of drug-likeness (QED) is 0.755. The average Bonchev–Trinajstić information content (AvgIpc) is 2.35. The van der Waals surface area contributed by atoms with E-state index in [-0.39, 0.29) is 0 Å². The molecule has 0 saturated heterocycles. The Balaban J connectivity index is 2.34. The van der Waals surface area contributed by atoms with Crippen molar-refractivity contribution in [3.63, 3.8) is 0 Å². The van der Waals surface area contributed by atoms with E-state index in [1.807, 2.05) is 0 Å². The highest BCUT2D eigenvalue weighted by molar-refractivity contribution is 5.22. The van der Waals surface area contributed by atoms with Gasteiger partial charge in [-0.25, -0.2) is 0 Å². The minimum absolute atomic E-state index is 0.657. The van der Waals surface area contributed by atoms with Gasteiger partial charge in [0.05, 0.1) is 0 Å². The maximum atomic E-state index is 3.41. The zero-order valence-corrected chi connectivity index (χ0v) is 11.8. The van der Waals surface area contributed by atoms with Crippen molar-refractivity contribution in [1.82, 2.24) is 5.32 Å². The van der Waals surface area contributed by atoms with E-state index in [0.29, 0.717) is 6.04 Å². The SMILES string of the molecule is CCc1ccc(CCCC(NC)C(C)C)cc1. The van der Waals surface area contributed by atoms with Crippen LogP contribution in [0.25, 0.3) is 0 Å². The molecule has 0 saturated carbocycles. The van der Waals surface area contributed by atoms with Crippen LogP contribution in [0.3, 0.4) is 0 Å². The normalized spacial score (nSPS) is 13.0. The third-order valence-electron chi connectivity index (χ3n) is 3.59. The van der Waals surface area contributed by atoms with Crippen molar-refractivity contribution in [2.45, 2.75) is 52.5 Å². The fraction of sp³-hybridized carbons (Fsp3) is 0.625. The van der Waals surface area contributed by atoms with E-state index >= 15 is 0 Å². The van der Waals surface area contributed by atoms with Gasteiger partial charge in [0.15, 0.2) is 0 Å². The molecule has 0 spiro atoms. The molecular weight excluding hydrogens is 206 g/mol. The van der Waals surface area contributed by atoms with Gasteiger partial charge in [0, 0.05) is 6.04 Å². The molecule has 0 fully saturated rings. The van der Waals surface area contributed by atoms with Gasteiger partial charge in [-0.15, -0.1) is 0 Å². The zero-order chi connectivity index (χ0) is 12.7. The zero-order valence-electron chi connectivity index (χ0n) is 11.8. The standard InChI is InChI=1S/C16H27N/c1-5-14-9-11-15(12-10-14)7-6-8-16(17-4)13(2)3/h9-13,16-17H,5-8H2,1-4H3. The van der Waals surface area contributed by atoms with Crippen LogP contribution >= 0.6 is 0 Å². The Hall–Kier alpha value is -0.820. The van der Waals surface area contributed by atoms with Crippen molar-refractivity contribution in [3.05, 3.63) is 35.4 Å². The number of rotatable bonds is 7. The number of hydrogen-bond acceptors (Lipinski definition) is 1. The highest BCUT2D eigenvalue weighted by Crippen LogP contribution is 2.12.